The number of aromatic nitrogens is 3. The molecule has 27 heavy (non-hydrogen) atoms. The van der Waals surface area contributed by atoms with Gasteiger partial charge in [0.15, 0.2) is 10.8 Å². The molecule has 1 amide bonds. The average Bonchev–Trinajstić information content (AvgIpc) is 3.30. The lowest BCUT2D eigenvalue weighted by atomic mass is 10.2. The molecule has 0 atom stereocenters. The third kappa shape index (κ3) is 3.43. The van der Waals surface area contributed by atoms with Crippen LogP contribution < -0.4 is 4.90 Å². The first-order valence-electron chi connectivity index (χ1n) is 8.23. The Balaban J connectivity index is 1.81. The van der Waals surface area contributed by atoms with E-state index in [1.165, 1.54) is 11.3 Å². The van der Waals surface area contributed by atoms with E-state index in [1.807, 2.05) is 37.3 Å². The number of hydrogen-bond acceptors (Lipinski definition) is 6. The van der Waals surface area contributed by atoms with Crippen LogP contribution in [0.25, 0.3) is 10.2 Å². The Morgan fingerprint density at radius 3 is 2.78 bits per heavy atom. The Labute approximate surface area is 164 Å². The molecule has 1 aromatic carbocycles. The molecule has 0 unspecified atom stereocenters. The maximum Gasteiger partial charge on any atom is 0.282 e. The maximum atomic E-state index is 13.1. The second-order valence-corrected chi connectivity index (χ2v) is 7.46. The molecule has 3 aromatic heterocycles. The zero-order valence-electron chi connectivity index (χ0n) is 14.6. The van der Waals surface area contributed by atoms with Crippen molar-refractivity contribution in [1.29, 1.82) is 0 Å². The molecule has 8 heteroatoms. The minimum Gasteiger partial charge on any atom is -0.361 e. The van der Waals surface area contributed by atoms with Crippen LogP contribution >= 0.6 is 22.9 Å². The van der Waals surface area contributed by atoms with Gasteiger partial charge in [0, 0.05) is 12.3 Å². The van der Waals surface area contributed by atoms with Gasteiger partial charge in [0.05, 0.1) is 27.5 Å². The Bertz CT molecular complexity index is 1080. The molecule has 6 nitrogen and oxygen atoms in total. The molecule has 0 radical (unpaired) electrons. The Morgan fingerprint density at radius 1 is 1.26 bits per heavy atom. The average molecular weight is 399 g/mol. The number of nitrogens with zero attached hydrogens (tertiary/aromatic N) is 4. The first-order valence-corrected chi connectivity index (χ1v) is 9.43. The van der Waals surface area contributed by atoms with E-state index in [1.54, 1.807) is 24.1 Å². The number of amides is 1. The number of fused-ring (bicyclic) bond motifs is 1. The smallest absolute Gasteiger partial charge is 0.282 e. The van der Waals surface area contributed by atoms with Crippen LogP contribution in [0.1, 0.15) is 27.5 Å². The van der Waals surface area contributed by atoms with Crippen LogP contribution in [-0.2, 0) is 6.54 Å². The van der Waals surface area contributed by atoms with Crippen LogP contribution in [0.5, 0.6) is 0 Å². The highest BCUT2D eigenvalue weighted by atomic mass is 35.5. The molecule has 0 N–H and O–H groups in total. The molecule has 136 valence electrons. The Morgan fingerprint density at radius 2 is 2.11 bits per heavy atom. The number of carbonyl (C=O) groups excluding carboxylic acids is 1. The zero-order valence-corrected chi connectivity index (χ0v) is 16.2. The molecule has 4 aromatic rings. The first kappa shape index (κ1) is 17.6. The quantitative estimate of drug-likeness (QED) is 0.494. The summed E-state index contributed by atoms with van der Waals surface area (Å²) in [5.74, 6) is 0.268. The van der Waals surface area contributed by atoms with Crippen LogP contribution in [0.3, 0.4) is 0 Å². The van der Waals surface area contributed by atoms with E-state index in [2.05, 4.69) is 15.1 Å². The SMILES string of the molecule is Cc1cc(C(=O)N(Cc2ccccn2)c2nc3c(C)ccc(Cl)c3s2)no1. The minimum atomic E-state index is -0.301. The summed E-state index contributed by atoms with van der Waals surface area (Å²) in [6, 6.07) is 10.9. The van der Waals surface area contributed by atoms with Crippen LogP contribution in [-0.4, -0.2) is 21.0 Å². The molecule has 0 bridgehead atoms. The van der Waals surface area contributed by atoms with Crippen LogP contribution in [0.2, 0.25) is 5.02 Å². The maximum absolute atomic E-state index is 13.1. The molecule has 0 saturated heterocycles. The van der Waals surface area contributed by atoms with E-state index in [-0.39, 0.29) is 18.1 Å². The van der Waals surface area contributed by atoms with Gasteiger partial charge in [-0.05, 0) is 37.6 Å². The molecule has 0 saturated carbocycles. The summed E-state index contributed by atoms with van der Waals surface area (Å²) in [7, 11) is 0. The first-order chi connectivity index (χ1) is 13.0. The number of hydrogen-bond donors (Lipinski definition) is 0. The van der Waals surface area contributed by atoms with Gasteiger partial charge in [-0.1, -0.05) is 40.2 Å². The molecule has 3 heterocycles. The molecule has 0 fully saturated rings. The van der Waals surface area contributed by atoms with Crippen molar-refractivity contribution in [1.82, 2.24) is 15.1 Å². The topological polar surface area (TPSA) is 72.1 Å². The highest BCUT2D eigenvalue weighted by Crippen LogP contribution is 2.36. The number of pyridine rings is 1. The van der Waals surface area contributed by atoms with Gasteiger partial charge >= 0.3 is 0 Å². The van der Waals surface area contributed by atoms with Crippen molar-refractivity contribution >= 4 is 44.2 Å². The second kappa shape index (κ2) is 7.09. The number of benzene rings is 1. The highest BCUT2D eigenvalue weighted by molar-refractivity contribution is 7.23. The van der Waals surface area contributed by atoms with Gasteiger partial charge in [0.2, 0.25) is 0 Å². The fourth-order valence-electron chi connectivity index (χ4n) is 2.69. The molecule has 0 aliphatic carbocycles. The van der Waals surface area contributed by atoms with Gasteiger partial charge in [0.1, 0.15) is 5.76 Å². The Hall–Kier alpha value is -2.77. The van der Waals surface area contributed by atoms with Gasteiger partial charge in [-0.2, -0.15) is 0 Å². The largest absolute Gasteiger partial charge is 0.361 e. The van der Waals surface area contributed by atoms with Gasteiger partial charge < -0.3 is 4.52 Å². The number of halogens is 1. The van der Waals surface area contributed by atoms with Crippen molar-refractivity contribution in [2.24, 2.45) is 0 Å². The third-order valence-electron chi connectivity index (χ3n) is 4.06. The van der Waals surface area contributed by atoms with Gasteiger partial charge in [-0.25, -0.2) is 4.98 Å². The third-order valence-corrected chi connectivity index (χ3v) is 5.59. The van der Waals surface area contributed by atoms with E-state index < -0.39 is 0 Å². The van der Waals surface area contributed by atoms with Crippen molar-refractivity contribution < 1.29 is 9.32 Å². The molecule has 0 aliphatic rings. The summed E-state index contributed by atoms with van der Waals surface area (Å²) in [6.07, 6.45) is 1.69. The van der Waals surface area contributed by atoms with Crippen molar-refractivity contribution in [2.75, 3.05) is 4.90 Å². The number of carbonyl (C=O) groups is 1. The van der Waals surface area contributed by atoms with E-state index in [0.29, 0.717) is 15.9 Å². The van der Waals surface area contributed by atoms with Crippen molar-refractivity contribution in [3.05, 3.63) is 70.3 Å². The molecule has 0 aliphatic heterocycles. The van der Waals surface area contributed by atoms with Crippen molar-refractivity contribution in [2.45, 2.75) is 20.4 Å². The standard InChI is InChI=1S/C19H15ClN4O2S/c1-11-6-7-14(20)17-16(11)22-19(27-17)24(10-13-5-3-4-8-21-13)18(25)15-9-12(2)26-23-15/h3-9H,10H2,1-2H3. The molecule has 4 rings (SSSR count). The molecule has 0 spiro atoms. The highest BCUT2D eigenvalue weighted by Gasteiger charge is 2.25. The Kier molecular flexibility index (Phi) is 4.63. The summed E-state index contributed by atoms with van der Waals surface area (Å²) in [4.78, 5) is 23.7. The number of aryl methyl sites for hydroxylation is 2. The van der Waals surface area contributed by atoms with Gasteiger partial charge in [0.25, 0.3) is 5.91 Å². The zero-order chi connectivity index (χ0) is 19.0. The van der Waals surface area contributed by atoms with E-state index >= 15 is 0 Å². The number of anilines is 1. The van der Waals surface area contributed by atoms with Crippen LogP contribution in [0, 0.1) is 13.8 Å². The summed E-state index contributed by atoms with van der Waals surface area (Å²) < 4.78 is 5.92. The van der Waals surface area contributed by atoms with Gasteiger partial charge in [-0.15, -0.1) is 0 Å². The lowest BCUT2D eigenvalue weighted by Gasteiger charge is -2.18. The molecular formula is C19H15ClN4O2S. The number of thiazole rings is 1. The molecular weight excluding hydrogens is 384 g/mol. The lowest BCUT2D eigenvalue weighted by molar-refractivity contribution is 0.0976. The van der Waals surface area contributed by atoms with Crippen molar-refractivity contribution in [3.8, 4) is 0 Å². The minimum absolute atomic E-state index is 0.227. The van der Waals surface area contributed by atoms with Crippen LogP contribution in [0.4, 0.5) is 5.13 Å². The normalized spacial score (nSPS) is 11.1. The second-order valence-electron chi connectivity index (χ2n) is 6.07. The monoisotopic (exact) mass is 398 g/mol. The predicted octanol–water partition coefficient (Wildman–Crippen LogP) is 4.80. The van der Waals surface area contributed by atoms with Gasteiger partial charge in [-0.3, -0.25) is 14.7 Å². The number of rotatable bonds is 4. The van der Waals surface area contributed by atoms with E-state index in [0.717, 1.165) is 21.5 Å². The summed E-state index contributed by atoms with van der Waals surface area (Å²) in [5.41, 5.74) is 2.76. The van der Waals surface area contributed by atoms with Crippen molar-refractivity contribution in [3.63, 3.8) is 0 Å². The predicted molar refractivity (Wildman–Crippen MR) is 105 cm³/mol. The van der Waals surface area contributed by atoms with Crippen LogP contribution in [0.15, 0.2) is 47.1 Å². The summed E-state index contributed by atoms with van der Waals surface area (Å²) in [6.45, 7) is 3.98. The fraction of sp³-hybridized carbons (Fsp3) is 0.158. The summed E-state index contributed by atoms with van der Waals surface area (Å²) >= 11 is 7.71. The van der Waals surface area contributed by atoms with E-state index in [9.17, 15) is 4.79 Å². The lowest BCUT2D eigenvalue weighted by Crippen LogP contribution is -2.31. The summed E-state index contributed by atoms with van der Waals surface area (Å²) in [5, 5.41) is 5.01. The fourth-order valence-corrected chi connectivity index (χ4v) is 4.01. The van der Waals surface area contributed by atoms with E-state index in [4.69, 9.17) is 16.1 Å².